The number of aromatic nitrogens is 1. The predicted octanol–water partition coefficient (Wildman–Crippen LogP) is 3.19. The minimum absolute atomic E-state index is 0.111. The molecule has 6 nitrogen and oxygen atoms in total. The topological polar surface area (TPSA) is 72.6 Å². The number of benzene rings is 2. The number of aromatic amines is 1. The van der Waals surface area contributed by atoms with Crippen LogP contribution < -0.4 is 19.5 Å². The van der Waals surface area contributed by atoms with E-state index in [1.807, 2.05) is 0 Å². The maximum atomic E-state index is 13.7. The first-order chi connectivity index (χ1) is 13.1. The van der Waals surface area contributed by atoms with Crippen molar-refractivity contribution in [2.45, 2.75) is 13.0 Å². The zero-order valence-corrected chi connectivity index (χ0v) is 15.4. The van der Waals surface area contributed by atoms with Gasteiger partial charge in [-0.25, -0.2) is 4.39 Å². The zero-order chi connectivity index (χ0) is 19.4. The summed E-state index contributed by atoms with van der Waals surface area (Å²) in [6.07, 6.45) is 1.86. The molecule has 3 rings (SSSR count). The number of amides is 1. The van der Waals surface area contributed by atoms with E-state index in [0.29, 0.717) is 22.8 Å². The number of fused-ring (bicyclic) bond motifs is 1. The van der Waals surface area contributed by atoms with E-state index in [1.54, 1.807) is 37.6 Å². The molecular weight excluding hydrogens is 351 g/mol. The lowest BCUT2D eigenvalue weighted by atomic mass is 10.1. The summed E-state index contributed by atoms with van der Waals surface area (Å²) >= 11 is 0. The Kier molecular flexibility index (Phi) is 5.49. The van der Waals surface area contributed by atoms with Crippen molar-refractivity contribution in [2.24, 2.45) is 0 Å². The molecule has 0 saturated heterocycles. The summed E-state index contributed by atoms with van der Waals surface area (Å²) in [5.74, 6) is 0.906. The second kappa shape index (κ2) is 7.99. The standard InChI is InChI=1S/C20H21FN2O4/c1-25-16-9-15-18(20(27-3)19(16)26-2)13(11-22-15)8-17(24)23-10-12-6-4-5-7-14(12)21/h4-7,9,11,22H,8,10H2,1-3H3,(H,23,24). The molecule has 0 fully saturated rings. The molecule has 0 bridgehead atoms. The van der Waals surface area contributed by atoms with Gasteiger partial charge in [0.15, 0.2) is 11.5 Å². The van der Waals surface area contributed by atoms with Crippen LogP contribution in [-0.4, -0.2) is 32.2 Å². The Morgan fingerprint density at radius 1 is 1.07 bits per heavy atom. The third-order valence-corrected chi connectivity index (χ3v) is 4.34. The van der Waals surface area contributed by atoms with Gasteiger partial charge in [-0.15, -0.1) is 0 Å². The molecule has 2 N–H and O–H groups in total. The van der Waals surface area contributed by atoms with Crippen molar-refractivity contribution in [3.63, 3.8) is 0 Å². The average molecular weight is 372 g/mol. The van der Waals surface area contributed by atoms with E-state index >= 15 is 0 Å². The minimum Gasteiger partial charge on any atom is -0.493 e. The smallest absolute Gasteiger partial charge is 0.224 e. The fraction of sp³-hybridized carbons (Fsp3) is 0.250. The summed E-state index contributed by atoms with van der Waals surface area (Å²) in [6, 6.07) is 8.14. The van der Waals surface area contributed by atoms with Gasteiger partial charge in [-0.3, -0.25) is 4.79 Å². The Morgan fingerprint density at radius 3 is 2.48 bits per heavy atom. The van der Waals surface area contributed by atoms with Crippen molar-refractivity contribution in [3.8, 4) is 17.2 Å². The Morgan fingerprint density at radius 2 is 1.81 bits per heavy atom. The lowest BCUT2D eigenvalue weighted by Gasteiger charge is -2.14. The molecule has 0 radical (unpaired) electrons. The largest absolute Gasteiger partial charge is 0.493 e. The number of hydrogen-bond donors (Lipinski definition) is 2. The number of rotatable bonds is 7. The zero-order valence-electron chi connectivity index (χ0n) is 15.4. The molecule has 0 spiro atoms. The Bertz CT molecular complexity index is 968. The average Bonchev–Trinajstić information content (AvgIpc) is 3.08. The number of hydrogen-bond acceptors (Lipinski definition) is 4. The Hall–Kier alpha value is -3.22. The highest BCUT2D eigenvalue weighted by atomic mass is 19.1. The quantitative estimate of drug-likeness (QED) is 0.668. The van der Waals surface area contributed by atoms with E-state index in [1.165, 1.54) is 20.3 Å². The number of carbonyl (C=O) groups is 1. The molecule has 1 amide bonds. The highest BCUT2D eigenvalue weighted by Crippen LogP contribution is 2.44. The number of nitrogens with one attached hydrogen (secondary N) is 2. The van der Waals surface area contributed by atoms with E-state index in [2.05, 4.69) is 10.3 Å². The fourth-order valence-corrected chi connectivity index (χ4v) is 3.04. The van der Waals surface area contributed by atoms with Gasteiger partial charge in [0.25, 0.3) is 0 Å². The van der Waals surface area contributed by atoms with Crippen LogP contribution in [0.25, 0.3) is 10.9 Å². The molecule has 0 aliphatic heterocycles. The van der Waals surface area contributed by atoms with Crippen molar-refractivity contribution in [1.82, 2.24) is 10.3 Å². The molecule has 0 aliphatic carbocycles. The Balaban J connectivity index is 1.84. The maximum absolute atomic E-state index is 13.7. The molecular formula is C20H21FN2O4. The molecule has 7 heteroatoms. The summed E-state index contributed by atoms with van der Waals surface area (Å²) in [6.45, 7) is 0.127. The third kappa shape index (κ3) is 3.67. The van der Waals surface area contributed by atoms with E-state index in [4.69, 9.17) is 14.2 Å². The number of methoxy groups -OCH3 is 3. The molecule has 3 aromatic rings. The van der Waals surface area contributed by atoms with Crippen LogP contribution in [0.3, 0.4) is 0 Å². The molecule has 0 aliphatic rings. The van der Waals surface area contributed by atoms with Crippen molar-refractivity contribution in [2.75, 3.05) is 21.3 Å². The van der Waals surface area contributed by atoms with Gasteiger partial charge in [-0.1, -0.05) is 18.2 Å². The molecule has 0 saturated carbocycles. The molecule has 1 heterocycles. The van der Waals surface area contributed by atoms with Crippen molar-refractivity contribution < 1.29 is 23.4 Å². The second-order valence-electron chi connectivity index (χ2n) is 5.93. The van der Waals surface area contributed by atoms with E-state index < -0.39 is 0 Å². The van der Waals surface area contributed by atoms with Crippen LogP contribution in [0.15, 0.2) is 36.5 Å². The maximum Gasteiger partial charge on any atom is 0.224 e. The van der Waals surface area contributed by atoms with Gasteiger partial charge in [0.1, 0.15) is 5.82 Å². The highest BCUT2D eigenvalue weighted by Gasteiger charge is 2.20. The second-order valence-corrected chi connectivity index (χ2v) is 5.93. The summed E-state index contributed by atoms with van der Waals surface area (Å²) in [4.78, 5) is 15.5. The van der Waals surface area contributed by atoms with E-state index in [0.717, 1.165) is 16.5 Å². The summed E-state index contributed by atoms with van der Waals surface area (Å²) < 4.78 is 29.9. The lowest BCUT2D eigenvalue weighted by molar-refractivity contribution is -0.120. The SMILES string of the molecule is COc1cc2[nH]cc(CC(=O)NCc3ccccc3F)c2c(OC)c1OC. The van der Waals surface area contributed by atoms with Crippen LogP contribution in [0.5, 0.6) is 17.2 Å². The summed E-state index contributed by atoms with van der Waals surface area (Å²) in [5, 5.41) is 3.49. The first kappa shape index (κ1) is 18.6. The van der Waals surface area contributed by atoms with Crippen LogP contribution in [0, 0.1) is 5.82 Å². The first-order valence-electron chi connectivity index (χ1n) is 8.38. The van der Waals surface area contributed by atoms with Gasteiger partial charge in [-0.2, -0.15) is 0 Å². The summed E-state index contributed by atoms with van der Waals surface area (Å²) in [7, 11) is 4.61. The highest BCUT2D eigenvalue weighted by molar-refractivity contribution is 5.96. The molecule has 2 aromatic carbocycles. The van der Waals surface area contributed by atoms with Crippen molar-refractivity contribution in [1.29, 1.82) is 0 Å². The van der Waals surface area contributed by atoms with Gasteiger partial charge >= 0.3 is 0 Å². The van der Waals surface area contributed by atoms with Crippen molar-refractivity contribution >= 4 is 16.8 Å². The van der Waals surface area contributed by atoms with Crippen LogP contribution in [-0.2, 0) is 17.8 Å². The minimum atomic E-state index is -0.344. The molecule has 27 heavy (non-hydrogen) atoms. The van der Waals surface area contributed by atoms with Gasteiger partial charge < -0.3 is 24.5 Å². The lowest BCUT2D eigenvalue weighted by Crippen LogP contribution is -2.24. The third-order valence-electron chi connectivity index (χ3n) is 4.34. The van der Waals surface area contributed by atoms with Gasteiger partial charge in [0.05, 0.1) is 33.3 Å². The van der Waals surface area contributed by atoms with Crippen LogP contribution >= 0.6 is 0 Å². The molecule has 0 unspecified atom stereocenters. The van der Waals surface area contributed by atoms with E-state index in [9.17, 15) is 9.18 Å². The van der Waals surface area contributed by atoms with Gasteiger partial charge in [0.2, 0.25) is 11.7 Å². The number of halogens is 1. The molecule has 0 atom stereocenters. The van der Waals surface area contributed by atoms with Crippen LogP contribution in [0.4, 0.5) is 4.39 Å². The number of H-pyrrole nitrogens is 1. The van der Waals surface area contributed by atoms with Gasteiger partial charge in [0, 0.05) is 29.8 Å². The monoisotopic (exact) mass is 372 g/mol. The summed E-state index contributed by atoms with van der Waals surface area (Å²) in [5.41, 5.74) is 1.95. The first-order valence-corrected chi connectivity index (χ1v) is 8.38. The van der Waals surface area contributed by atoms with Gasteiger partial charge in [-0.05, 0) is 11.6 Å². The molecule has 142 valence electrons. The number of ether oxygens (including phenoxy) is 3. The fourth-order valence-electron chi connectivity index (χ4n) is 3.04. The van der Waals surface area contributed by atoms with Crippen molar-refractivity contribution in [3.05, 3.63) is 53.5 Å². The Labute approximate surface area is 156 Å². The molecule has 1 aromatic heterocycles. The van der Waals surface area contributed by atoms with E-state index in [-0.39, 0.29) is 24.7 Å². The normalized spacial score (nSPS) is 10.7. The van der Waals surface area contributed by atoms with Crippen LogP contribution in [0.1, 0.15) is 11.1 Å². The van der Waals surface area contributed by atoms with Crippen LogP contribution in [0.2, 0.25) is 0 Å². The predicted molar refractivity (Wildman–Crippen MR) is 99.9 cm³/mol. The number of carbonyl (C=O) groups excluding carboxylic acids is 1.